The van der Waals surface area contributed by atoms with Gasteiger partial charge in [0, 0.05) is 6.54 Å². The van der Waals surface area contributed by atoms with E-state index in [1.807, 2.05) is 0 Å². The number of nitrogens with two attached hydrogens (primary N) is 1. The Morgan fingerprint density at radius 1 is 1.53 bits per heavy atom. The molecule has 0 radical (unpaired) electrons. The Labute approximate surface area is 84.7 Å². The minimum atomic E-state index is -2.79. The first-order chi connectivity index (χ1) is 7.04. The maximum atomic E-state index is 12.5. The van der Waals surface area contributed by atoms with E-state index < -0.39 is 24.5 Å². The largest absolute Gasteiger partial charge is 0.481 e. The summed E-state index contributed by atoms with van der Waals surface area (Å²) in [6, 6.07) is 2.77. The molecule has 0 amide bonds. The summed E-state index contributed by atoms with van der Waals surface area (Å²) < 4.78 is 25.0. The van der Waals surface area contributed by atoms with Gasteiger partial charge in [-0.2, -0.15) is 0 Å². The highest BCUT2D eigenvalue weighted by Crippen LogP contribution is 2.21. The molecule has 0 atom stereocenters. The first-order valence-corrected chi connectivity index (χ1v) is 4.23. The molecule has 0 unspecified atom stereocenters. The molecule has 0 fully saturated rings. The molecule has 0 aliphatic carbocycles. The van der Waals surface area contributed by atoms with Gasteiger partial charge in [0.05, 0.1) is 12.1 Å². The average molecular weight is 216 g/mol. The topological polar surface area (TPSA) is 76.2 Å². The molecule has 15 heavy (non-hydrogen) atoms. The van der Waals surface area contributed by atoms with Crippen molar-refractivity contribution in [2.75, 3.05) is 0 Å². The van der Waals surface area contributed by atoms with Crippen molar-refractivity contribution < 1.29 is 18.7 Å². The molecular weight excluding hydrogens is 206 g/mol. The summed E-state index contributed by atoms with van der Waals surface area (Å²) in [5, 5.41) is 8.50. The van der Waals surface area contributed by atoms with Crippen LogP contribution in [0.5, 0.6) is 0 Å². The van der Waals surface area contributed by atoms with Crippen LogP contribution in [0.3, 0.4) is 0 Å². The van der Waals surface area contributed by atoms with E-state index in [9.17, 15) is 13.6 Å². The van der Waals surface area contributed by atoms with E-state index in [2.05, 4.69) is 4.98 Å². The summed E-state index contributed by atoms with van der Waals surface area (Å²) in [5.41, 5.74) is 5.09. The minimum absolute atomic E-state index is 0.0229. The zero-order chi connectivity index (χ0) is 11.4. The number of hydrogen-bond acceptors (Lipinski definition) is 3. The smallest absolute Gasteiger partial charge is 0.307 e. The number of rotatable bonds is 4. The molecule has 1 heterocycles. The van der Waals surface area contributed by atoms with Crippen LogP contribution in [-0.2, 0) is 17.8 Å². The molecular formula is C9H10F2N2O2. The molecule has 3 N–H and O–H groups in total. The van der Waals surface area contributed by atoms with Crippen LogP contribution in [0.1, 0.15) is 23.4 Å². The molecule has 0 aliphatic heterocycles. The van der Waals surface area contributed by atoms with Crippen molar-refractivity contribution in [3.05, 3.63) is 29.1 Å². The Balaban J connectivity index is 3.09. The molecule has 0 spiro atoms. The maximum absolute atomic E-state index is 12.5. The monoisotopic (exact) mass is 216 g/mol. The summed E-state index contributed by atoms with van der Waals surface area (Å²) >= 11 is 0. The van der Waals surface area contributed by atoms with E-state index in [0.717, 1.165) is 0 Å². The third kappa shape index (κ3) is 2.95. The van der Waals surface area contributed by atoms with Gasteiger partial charge in [-0.15, -0.1) is 0 Å². The lowest BCUT2D eigenvalue weighted by Crippen LogP contribution is -2.09. The predicted octanol–water partition coefficient (Wildman–Crippen LogP) is 1.11. The van der Waals surface area contributed by atoms with Gasteiger partial charge in [-0.25, -0.2) is 8.78 Å². The standard InChI is InChI=1S/C9H10F2N2O2/c10-9(11)8-5(3-7(14)15)1-2-6(4-12)13-8/h1-2,9H,3-4,12H2,(H,14,15). The Kier molecular flexibility index (Phi) is 3.68. The van der Waals surface area contributed by atoms with Crippen LogP contribution >= 0.6 is 0 Å². The molecule has 1 aromatic rings. The molecule has 1 rings (SSSR count). The number of aliphatic carboxylic acids is 1. The number of carbonyl (C=O) groups is 1. The zero-order valence-corrected chi connectivity index (χ0v) is 7.78. The molecule has 0 saturated heterocycles. The molecule has 0 aromatic carbocycles. The average Bonchev–Trinajstić information content (AvgIpc) is 2.17. The van der Waals surface area contributed by atoms with Crippen LogP contribution in [0, 0.1) is 0 Å². The van der Waals surface area contributed by atoms with Gasteiger partial charge in [0.2, 0.25) is 0 Å². The van der Waals surface area contributed by atoms with Crippen LogP contribution in [0.2, 0.25) is 0 Å². The van der Waals surface area contributed by atoms with Crippen molar-refractivity contribution >= 4 is 5.97 Å². The third-order valence-electron chi connectivity index (χ3n) is 1.83. The van der Waals surface area contributed by atoms with Gasteiger partial charge >= 0.3 is 5.97 Å². The predicted molar refractivity (Wildman–Crippen MR) is 48.4 cm³/mol. The van der Waals surface area contributed by atoms with Crippen molar-refractivity contribution in [3.63, 3.8) is 0 Å². The van der Waals surface area contributed by atoms with Gasteiger partial charge in [-0.1, -0.05) is 6.07 Å². The van der Waals surface area contributed by atoms with Crippen molar-refractivity contribution in [2.45, 2.75) is 19.4 Å². The first-order valence-electron chi connectivity index (χ1n) is 4.23. The molecule has 6 heteroatoms. The fourth-order valence-electron chi connectivity index (χ4n) is 1.16. The van der Waals surface area contributed by atoms with Crippen molar-refractivity contribution in [1.82, 2.24) is 4.98 Å². The fourth-order valence-corrected chi connectivity index (χ4v) is 1.16. The molecule has 4 nitrogen and oxygen atoms in total. The summed E-state index contributed by atoms with van der Waals surface area (Å²) in [7, 11) is 0. The highest BCUT2D eigenvalue weighted by atomic mass is 19.3. The second kappa shape index (κ2) is 4.79. The van der Waals surface area contributed by atoms with Gasteiger partial charge in [0.15, 0.2) is 0 Å². The molecule has 0 aliphatic rings. The summed E-state index contributed by atoms with van der Waals surface area (Å²) in [6.07, 6.45) is -3.25. The van der Waals surface area contributed by atoms with Gasteiger partial charge in [-0.3, -0.25) is 9.78 Å². The lowest BCUT2D eigenvalue weighted by Gasteiger charge is -2.07. The lowest BCUT2D eigenvalue weighted by molar-refractivity contribution is -0.136. The molecule has 82 valence electrons. The number of pyridine rings is 1. The molecule has 0 bridgehead atoms. The van der Waals surface area contributed by atoms with Gasteiger partial charge in [-0.05, 0) is 11.6 Å². The maximum Gasteiger partial charge on any atom is 0.307 e. The number of hydrogen-bond donors (Lipinski definition) is 2. The SMILES string of the molecule is NCc1ccc(CC(=O)O)c(C(F)F)n1. The Hall–Kier alpha value is -1.56. The van der Waals surface area contributed by atoms with Gasteiger partial charge < -0.3 is 10.8 Å². The van der Waals surface area contributed by atoms with Crippen LogP contribution in [0.15, 0.2) is 12.1 Å². The quantitative estimate of drug-likeness (QED) is 0.790. The summed E-state index contributed by atoms with van der Waals surface area (Å²) in [5.74, 6) is -1.17. The van der Waals surface area contributed by atoms with E-state index in [-0.39, 0.29) is 12.1 Å². The van der Waals surface area contributed by atoms with Crippen LogP contribution in [-0.4, -0.2) is 16.1 Å². The highest BCUT2D eigenvalue weighted by Gasteiger charge is 2.17. The van der Waals surface area contributed by atoms with E-state index in [1.54, 1.807) is 0 Å². The Bertz CT molecular complexity index is 369. The normalized spacial score (nSPS) is 10.7. The van der Waals surface area contributed by atoms with Crippen molar-refractivity contribution in [3.8, 4) is 0 Å². The Morgan fingerprint density at radius 3 is 2.67 bits per heavy atom. The Morgan fingerprint density at radius 2 is 2.20 bits per heavy atom. The number of alkyl halides is 2. The molecule has 1 aromatic heterocycles. The van der Waals surface area contributed by atoms with Crippen molar-refractivity contribution in [1.29, 1.82) is 0 Å². The zero-order valence-electron chi connectivity index (χ0n) is 7.78. The second-order valence-corrected chi connectivity index (χ2v) is 2.92. The second-order valence-electron chi connectivity index (χ2n) is 2.92. The summed E-state index contributed by atoms with van der Waals surface area (Å²) in [4.78, 5) is 14.0. The number of halogens is 2. The third-order valence-corrected chi connectivity index (χ3v) is 1.83. The summed E-state index contributed by atoms with van der Waals surface area (Å²) in [6.45, 7) is 0.0487. The van der Waals surface area contributed by atoms with Crippen LogP contribution in [0.25, 0.3) is 0 Å². The van der Waals surface area contributed by atoms with E-state index in [1.165, 1.54) is 12.1 Å². The van der Waals surface area contributed by atoms with Gasteiger partial charge in [0.25, 0.3) is 6.43 Å². The fraction of sp³-hybridized carbons (Fsp3) is 0.333. The van der Waals surface area contributed by atoms with Gasteiger partial charge in [0.1, 0.15) is 5.69 Å². The van der Waals surface area contributed by atoms with Crippen molar-refractivity contribution in [2.24, 2.45) is 5.73 Å². The highest BCUT2D eigenvalue weighted by molar-refractivity contribution is 5.70. The van der Waals surface area contributed by atoms with E-state index in [0.29, 0.717) is 5.69 Å². The molecule has 0 saturated carbocycles. The van der Waals surface area contributed by atoms with E-state index >= 15 is 0 Å². The number of nitrogens with zero attached hydrogens (tertiary/aromatic N) is 1. The van der Waals surface area contributed by atoms with E-state index in [4.69, 9.17) is 10.8 Å². The van der Waals surface area contributed by atoms with Crippen LogP contribution in [0.4, 0.5) is 8.78 Å². The lowest BCUT2D eigenvalue weighted by atomic mass is 10.1. The van der Waals surface area contributed by atoms with Crippen LogP contribution < -0.4 is 5.73 Å². The number of carboxylic acids is 1. The minimum Gasteiger partial charge on any atom is -0.481 e. The number of carboxylic acid groups (broad SMARTS) is 1. The first kappa shape index (κ1) is 11.5. The number of aromatic nitrogens is 1.